The number of fused-ring (bicyclic) bond motifs is 1. The first-order valence-electron chi connectivity index (χ1n) is 14.7. The topological polar surface area (TPSA) is 0 Å². The van der Waals surface area contributed by atoms with Gasteiger partial charge < -0.3 is 0 Å². The molecule has 0 spiro atoms. The highest BCUT2D eigenvalue weighted by Gasteiger charge is 2.42. The van der Waals surface area contributed by atoms with Crippen molar-refractivity contribution in [1.82, 2.24) is 0 Å². The molecule has 0 bridgehead atoms. The van der Waals surface area contributed by atoms with Crippen LogP contribution in [0.25, 0.3) is 0 Å². The summed E-state index contributed by atoms with van der Waals surface area (Å²) in [5, 5.41) is 0. The van der Waals surface area contributed by atoms with Crippen LogP contribution in [0.3, 0.4) is 0 Å². The maximum Gasteiger partial charge on any atom is -0.0297 e. The first-order valence-corrected chi connectivity index (χ1v) is 14.7. The second kappa shape index (κ2) is 35.1. The van der Waals surface area contributed by atoms with Gasteiger partial charge in [0, 0.05) is 0 Å². The third kappa shape index (κ3) is 22.7. The Morgan fingerprint density at radius 1 is 0.781 bits per heavy atom. The van der Waals surface area contributed by atoms with Crippen molar-refractivity contribution in [3.63, 3.8) is 0 Å². The third-order valence-electron chi connectivity index (χ3n) is 6.24. The van der Waals surface area contributed by atoms with Crippen molar-refractivity contribution >= 4 is 0 Å². The van der Waals surface area contributed by atoms with E-state index in [0.717, 1.165) is 24.2 Å². The summed E-state index contributed by atoms with van der Waals surface area (Å²) in [5.74, 6) is 3.10. The van der Waals surface area contributed by atoms with E-state index in [1.165, 1.54) is 64.2 Å². The van der Waals surface area contributed by atoms with Crippen molar-refractivity contribution in [2.24, 2.45) is 23.2 Å². The molecular weight excluding hydrogens is 384 g/mol. The smallest absolute Gasteiger partial charge is 0.0297 e. The van der Waals surface area contributed by atoms with Crippen LogP contribution in [0.2, 0.25) is 0 Å². The van der Waals surface area contributed by atoms with Crippen LogP contribution in [0.15, 0.2) is 25.3 Å². The van der Waals surface area contributed by atoms with Gasteiger partial charge in [0.25, 0.3) is 0 Å². The van der Waals surface area contributed by atoms with Gasteiger partial charge >= 0.3 is 0 Å². The molecule has 0 radical (unpaired) electrons. The van der Waals surface area contributed by atoms with Gasteiger partial charge in [0.05, 0.1) is 0 Å². The van der Waals surface area contributed by atoms with Crippen LogP contribution >= 0.6 is 0 Å². The van der Waals surface area contributed by atoms with Gasteiger partial charge in [-0.2, -0.15) is 0 Å². The molecule has 0 saturated heterocycles. The first kappa shape index (κ1) is 41.7. The van der Waals surface area contributed by atoms with E-state index in [0.29, 0.717) is 5.41 Å². The van der Waals surface area contributed by atoms with Crippen LogP contribution in [0, 0.1) is 23.2 Å². The summed E-state index contributed by atoms with van der Waals surface area (Å²) in [4.78, 5) is 0. The highest BCUT2D eigenvalue weighted by Crippen LogP contribution is 2.52. The van der Waals surface area contributed by atoms with Crippen molar-refractivity contribution in [1.29, 1.82) is 0 Å². The van der Waals surface area contributed by atoms with E-state index < -0.39 is 0 Å². The van der Waals surface area contributed by atoms with Gasteiger partial charge in [-0.15, -0.1) is 13.2 Å². The Morgan fingerprint density at radius 3 is 1.59 bits per heavy atom. The Bertz CT molecular complexity index is 316. The zero-order chi connectivity index (χ0) is 26.4. The molecule has 2 aliphatic rings. The Balaban J connectivity index is -0.000000136. The molecule has 32 heavy (non-hydrogen) atoms. The van der Waals surface area contributed by atoms with Crippen LogP contribution in [-0.4, -0.2) is 0 Å². The van der Waals surface area contributed by atoms with E-state index in [1.54, 1.807) is 6.08 Å². The van der Waals surface area contributed by atoms with Gasteiger partial charge in [-0.3, -0.25) is 0 Å². The summed E-state index contributed by atoms with van der Waals surface area (Å²) in [7, 11) is 0. The van der Waals surface area contributed by atoms with E-state index >= 15 is 0 Å². The predicted molar refractivity (Wildman–Crippen MR) is 158 cm³/mol. The SMILES string of the molecule is C=CC.C=CCC.CC.CC.CC.CC.CCC1(C)CCCCCCCC2CC(C)CC21. The highest BCUT2D eigenvalue weighted by molar-refractivity contribution is 4.92. The molecule has 4 atom stereocenters. The van der Waals surface area contributed by atoms with Gasteiger partial charge in [-0.25, -0.2) is 0 Å². The molecule has 0 aromatic carbocycles. The highest BCUT2D eigenvalue weighted by atomic mass is 14.5. The zero-order valence-electron chi connectivity index (χ0n) is 25.6. The lowest BCUT2D eigenvalue weighted by Gasteiger charge is -2.39. The Kier molecular flexibility index (Phi) is 45.7. The lowest BCUT2D eigenvalue weighted by molar-refractivity contribution is 0.107. The average Bonchev–Trinajstić information content (AvgIpc) is 3.25. The minimum Gasteiger partial charge on any atom is -0.103 e. The zero-order valence-corrected chi connectivity index (χ0v) is 25.6. The second-order valence-electron chi connectivity index (χ2n) is 8.36. The molecule has 0 heterocycles. The quantitative estimate of drug-likeness (QED) is 0.364. The summed E-state index contributed by atoms with van der Waals surface area (Å²) < 4.78 is 0. The summed E-state index contributed by atoms with van der Waals surface area (Å²) in [5.41, 5.74) is 0.659. The fraction of sp³-hybridized carbons (Fsp3) is 0.875. The van der Waals surface area contributed by atoms with E-state index in [4.69, 9.17) is 0 Å². The van der Waals surface area contributed by atoms with E-state index in [2.05, 4.69) is 40.9 Å². The monoisotopic (exact) mass is 455 g/mol. The predicted octanol–water partition coefficient (Wildman–Crippen LogP) is 12.7. The van der Waals surface area contributed by atoms with Crippen LogP contribution in [-0.2, 0) is 0 Å². The number of rotatable bonds is 2. The Morgan fingerprint density at radius 2 is 1.19 bits per heavy atom. The van der Waals surface area contributed by atoms with Crippen molar-refractivity contribution in [2.45, 2.75) is 161 Å². The van der Waals surface area contributed by atoms with E-state index in [1.807, 2.05) is 68.4 Å². The molecule has 0 aromatic rings. The Labute approximate surface area is 209 Å². The van der Waals surface area contributed by atoms with Gasteiger partial charge in [-0.05, 0) is 55.8 Å². The number of hydrogen-bond acceptors (Lipinski definition) is 0. The maximum atomic E-state index is 3.48. The lowest BCUT2D eigenvalue weighted by atomic mass is 9.66. The van der Waals surface area contributed by atoms with Crippen LogP contribution in [0.4, 0.5) is 0 Å². The Hall–Kier alpha value is -0.520. The second-order valence-corrected chi connectivity index (χ2v) is 8.36. The molecule has 2 saturated carbocycles. The molecular formula is C32H70. The molecule has 0 heteroatoms. The molecule has 0 nitrogen and oxygen atoms in total. The molecule has 2 aliphatic carbocycles. The van der Waals surface area contributed by atoms with Crippen LogP contribution in [0.1, 0.15) is 161 Å². The van der Waals surface area contributed by atoms with Crippen molar-refractivity contribution < 1.29 is 0 Å². The molecule has 0 aromatic heterocycles. The lowest BCUT2D eigenvalue weighted by Crippen LogP contribution is -2.30. The summed E-state index contributed by atoms with van der Waals surface area (Å²) in [6.45, 7) is 34.3. The van der Waals surface area contributed by atoms with Gasteiger partial charge in [-0.1, -0.05) is 140 Å². The van der Waals surface area contributed by atoms with E-state index in [9.17, 15) is 0 Å². The standard InChI is InChI=1S/C17H32.C4H8.C3H6.4C2H6/c1-4-17(3)11-9-7-5-6-8-10-15-12-14(2)13-16(15)17;1-3-4-2;1-3-2;4*1-2/h14-16H,4-13H2,1-3H3;3H,1,4H2,2H3;3H,1H2,2H3;4*1-2H3. The van der Waals surface area contributed by atoms with Crippen molar-refractivity contribution in [3.05, 3.63) is 25.3 Å². The minimum absolute atomic E-state index is 0.659. The summed E-state index contributed by atoms with van der Waals surface area (Å²) in [6.07, 6.45) is 19.7. The molecule has 0 N–H and O–H groups in total. The number of hydrogen-bond donors (Lipinski definition) is 0. The van der Waals surface area contributed by atoms with Crippen molar-refractivity contribution in [2.75, 3.05) is 0 Å². The van der Waals surface area contributed by atoms with Gasteiger partial charge in [0.1, 0.15) is 0 Å². The molecule has 0 aliphatic heterocycles. The van der Waals surface area contributed by atoms with Gasteiger partial charge in [0.15, 0.2) is 0 Å². The van der Waals surface area contributed by atoms with Crippen molar-refractivity contribution in [3.8, 4) is 0 Å². The molecule has 4 unspecified atom stereocenters. The largest absolute Gasteiger partial charge is 0.103 e. The average molecular weight is 455 g/mol. The molecule has 2 rings (SSSR count). The first-order chi connectivity index (χ1) is 15.5. The third-order valence-corrected chi connectivity index (χ3v) is 6.24. The molecule has 2 fully saturated rings. The fourth-order valence-corrected chi connectivity index (χ4v) is 4.67. The van der Waals surface area contributed by atoms with Crippen LogP contribution < -0.4 is 0 Å². The normalized spacial score (nSPS) is 25.5. The van der Waals surface area contributed by atoms with Crippen LogP contribution in [0.5, 0.6) is 0 Å². The fourth-order valence-electron chi connectivity index (χ4n) is 4.67. The minimum atomic E-state index is 0.659. The molecule has 0 amide bonds. The van der Waals surface area contributed by atoms with E-state index in [-0.39, 0.29) is 0 Å². The summed E-state index contributed by atoms with van der Waals surface area (Å²) in [6, 6.07) is 0. The summed E-state index contributed by atoms with van der Waals surface area (Å²) >= 11 is 0. The van der Waals surface area contributed by atoms with Gasteiger partial charge in [0.2, 0.25) is 0 Å². The maximum absolute atomic E-state index is 3.48. The molecule has 198 valence electrons. The number of allylic oxidation sites excluding steroid dienone is 2.